The maximum Gasteiger partial charge on any atom is 0.156 e. The summed E-state index contributed by atoms with van der Waals surface area (Å²) >= 11 is 0. The SMILES string of the molecule is CCCCc1c(-c2ccccc2)[nH]n2ccnc12. The molecule has 0 saturated carbocycles. The first-order valence-corrected chi connectivity index (χ1v) is 6.49. The first-order valence-electron chi connectivity index (χ1n) is 6.49. The van der Waals surface area contributed by atoms with E-state index >= 15 is 0 Å². The van der Waals surface area contributed by atoms with E-state index in [4.69, 9.17) is 0 Å². The fourth-order valence-electron chi connectivity index (χ4n) is 2.35. The van der Waals surface area contributed by atoms with Gasteiger partial charge in [0.05, 0.1) is 5.69 Å². The first kappa shape index (κ1) is 11.1. The summed E-state index contributed by atoms with van der Waals surface area (Å²) in [6, 6.07) is 10.5. The third-order valence-corrected chi connectivity index (χ3v) is 3.29. The highest BCUT2D eigenvalue weighted by Crippen LogP contribution is 2.26. The van der Waals surface area contributed by atoms with Gasteiger partial charge < -0.3 is 0 Å². The lowest BCUT2D eigenvalue weighted by atomic mass is 10.0. The van der Waals surface area contributed by atoms with Gasteiger partial charge in [0, 0.05) is 18.0 Å². The molecule has 0 aliphatic rings. The Kier molecular flexibility index (Phi) is 2.89. The Morgan fingerprint density at radius 2 is 2.06 bits per heavy atom. The number of H-pyrrole nitrogens is 1. The highest BCUT2D eigenvalue weighted by atomic mass is 15.3. The molecule has 0 bridgehead atoms. The predicted octanol–water partition coefficient (Wildman–Crippen LogP) is 3.67. The fraction of sp³-hybridized carbons (Fsp3) is 0.267. The molecule has 2 heterocycles. The second kappa shape index (κ2) is 4.69. The Labute approximate surface area is 106 Å². The van der Waals surface area contributed by atoms with Crippen molar-refractivity contribution < 1.29 is 0 Å². The van der Waals surface area contributed by atoms with Crippen LogP contribution in [0.15, 0.2) is 42.7 Å². The van der Waals surface area contributed by atoms with Crippen LogP contribution in [0.3, 0.4) is 0 Å². The molecule has 0 unspecified atom stereocenters. The number of nitrogens with one attached hydrogen (secondary N) is 1. The third kappa shape index (κ3) is 1.82. The summed E-state index contributed by atoms with van der Waals surface area (Å²) in [7, 11) is 0. The second-order valence-electron chi connectivity index (χ2n) is 4.56. The van der Waals surface area contributed by atoms with Crippen LogP contribution in [0.5, 0.6) is 0 Å². The summed E-state index contributed by atoms with van der Waals surface area (Å²) < 4.78 is 2.01. The molecule has 0 aliphatic heterocycles. The Balaban J connectivity index is 2.12. The molecule has 3 nitrogen and oxygen atoms in total. The lowest BCUT2D eigenvalue weighted by Crippen LogP contribution is -1.88. The molecule has 0 amide bonds. The number of hydrogen-bond donors (Lipinski definition) is 1. The minimum atomic E-state index is 1.06. The number of fused-ring (bicyclic) bond motifs is 1. The van der Waals surface area contributed by atoms with Gasteiger partial charge in [0.15, 0.2) is 5.65 Å². The van der Waals surface area contributed by atoms with E-state index < -0.39 is 0 Å². The summed E-state index contributed by atoms with van der Waals surface area (Å²) in [5.41, 5.74) is 4.82. The Bertz CT molecular complexity index is 634. The van der Waals surface area contributed by atoms with Crippen molar-refractivity contribution in [2.75, 3.05) is 0 Å². The van der Waals surface area contributed by atoms with E-state index in [1.807, 2.05) is 23.0 Å². The molecule has 3 heteroatoms. The smallest absolute Gasteiger partial charge is 0.156 e. The molecule has 92 valence electrons. The van der Waals surface area contributed by atoms with Crippen LogP contribution in [-0.2, 0) is 6.42 Å². The van der Waals surface area contributed by atoms with Crippen LogP contribution in [0, 0.1) is 0 Å². The molecular formula is C15H17N3. The number of aromatic amines is 1. The van der Waals surface area contributed by atoms with Crippen LogP contribution in [0.1, 0.15) is 25.3 Å². The first-order chi connectivity index (χ1) is 8.90. The van der Waals surface area contributed by atoms with E-state index in [1.165, 1.54) is 29.7 Å². The molecule has 3 aromatic rings. The molecule has 3 rings (SSSR count). The van der Waals surface area contributed by atoms with Gasteiger partial charge in [-0.3, -0.25) is 5.10 Å². The zero-order chi connectivity index (χ0) is 12.4. The number of imidazole rings is 1. The molecule has 1 N–H and O–H groups in total. The molecular weight excluding hydrogens is 222 g/mol. The van der Waals surface area contributed by atoms with Crippen LogP contribution in [0.25, 0.3) is 16.9 Å². The van der Waals surface area contributed by atoms with Crippen molar-refractivity contribution in [2.45, 2.75) is 26.2 Å². The number of hydrogen-bond acceptors (Lipinski definition) is 1. The van der Waals surface area contributed by atoms with Gasteiger partial charge in [-0.15, -0.1) is 0 Å². The van der Waals surface area contributed by atoms with Crippen molar-refractivity contribution in [1.82, 2.24) is 14.6 Å². The molecule has 0 spiro atoms. The fourth-order valence-corrected chi connectivity index (χ4v) is 2.35. The Morgan fingerprint density at radius 3 is 2.83 bits per heavy atom. The van der Waals surface area contributed by atoms with Crippen molar-refractivity contribution in [3.05, 3.63) is 48.3 Å². The van der Waals surface area contributed by atoms with Crippen LogP contribution in [0.2, 0.25) is 0 Å². The van der Waals surface area contributed by atoms with Gasteiger partial charge in [0.1, 0.15) is 0 Å². The van der Waals surface area contributed by atoms with Crippen LogP contribution in [-0.4, -0.2) is 14.6 Å². The standard InChI is InChI=1S/C15H17N3/c1-2-3-9-13-14(12-7-5-4-6-8-12)17-18-11-10-16-15(13)18/h4-8,10-11,17H,2-3,9H2,1H3. The quantitative estimate of drug-likeness (QED) is 0.740. The zero-order valence-electron chi connectivity index (χ0n) is 10.6. The lowest BCUT2D eigenvalue weighted by molar-refractivity contribution is 0.799. The van der Waals surface area contributed by atoms with Crippen molar-refractivity contribution in [1.29, 1.82) is 0 Å². The minimum Gasteiger partial charge on any atom is -0.292 e. The van der Waals surface area contributed by atoms with Gasteiger partial charge in [0.2, 0.25) is 0 Å². The number of rotatable bonds is 4. The van der Waals surface area contributed by atoms with Gasteiger partial charge in [-0.1, -0.05) is 43.7 Å². The highest BCUT2D eigenvalue weighted by Gasteiger charge is 2.13. The maximum absolute atomic E-state index is 4.45. The van der Waals surface area contributed by atoms with Crippen molar-refractivity contribution >= 4 is 5.65 Å². The van der Waals surface area contributed by atoms with E-state index in [9.17, 15) is 0 Å². The average Bonchev–Trinajstić information content (AvgIpc) is 2.98. The van der Waals surface area contributed by atoms with Crippen molar-refractivity contribution in [2.24, 2.45) is 0 Å². The summed E-state index contributed by atoms with van der Waals surface area (Å²) in [5, 5.41) is 3.42. The zero-order valence-corrected chi connectivity index (χ0v) is 10.6. The number of unbranched alkanes of at least 4 members (excludes halogenated alkanes) is 1. The van der Waals surface area contributed by atoms with Crippen molar-refractivity contribution in [3.8, 4) is 11.3 Å². The Hall–Kier alpha value is -2.03. The summed E-state index contributed by atoms with van der Waals surface area (Å²) in [5.74, 6) is 0. The number of benzene rings is 1. The van der Waals surface area contributed by atoms with E-state index in [0.29, 0.717) is 0 Å². The molecule has 0 atom stereocenters. The average molecular weight is 239 g/mol. The normalized spacial score (nSPS) is 11.2. The number of aromatic nitrogens is 3. The Morgan fingerprint density at radius 1 is 1.22 bits per heavy atom. The molecule has 0 saturated heterocycles. The molecule has 18 heavy (non-hydrogen) atoms. The van der Waals surface area contributed by atoms with Gasteiger partial charge >= 0.3 is 0 Å². The molecule has 0 aliphatic carbocycles. The van der Waals surface area contributed by atoms with E-state index in [0.717, 1.165) is 12.1 Å². The van der Waals surface area contributed by atoms with Gasteiger partial charge in [0.25, 0.3) is 0 Å². The molecule has 0 fully saturated rings. The van der Waals surface area contributed by atoms with Gasteiger partial charge in [-0.2, -0.15) is 0 Å². The summed E-state index contributed by atoms with van der Waals surface area (Å²) in [6.45, 7) is 2.22. The van der Waals surface area contributed by atoms with Gasteiger partial charge in [-0.25, -0.2) is 9.50 Å². The maximum atomic E-state index is 4.45. The van der Waals surface area contributed by atoms with Crippen LogP contribution < -0.4 is 0 Å². The number of aryl methyl sites for hydroxylation is 1. The molecule has 1 aromatic carbocycles. The third-order valence-electron chi connectivity index (χ3n) is 3.29. The second-order valence-corrected chi connectivity index (χ2v) is 4.56. The largest absolute Gasteiger partial charge is 0.292 e. The van der Waals surface area contributed by atoms with Crippen LogP contribution in [0.4, 0.5) is 0 Å². The monoisotopic (exact) mass is 239 g/mol. The van der Waals surface area contributed by atoms with Gasteiger partial charge in [-0.05, 0) is 18.4 Å². The van der Waals surface area contributed by atoms with E-state index in [-0.39, 0.29) is 0 Å². The molecule has 2 aromatic heterocycles. The predicted molar refractivity (Wildman–Crippen MR) is 73.6 cm³/mol. The highest BCUT2D eigenvalue weighted by molar-refractivity contribution is 5.70. The van der Waals surface area contributed by atoms with E-state index in [1.54, 1.807) is 0 Å². The minimum absolute atomic E-state index is 1.06. The molecule has 0 radical (unpaired) electrons. The van der Waals surface area contributed by atoms with Crippen LogP contribution >= 0.6 is 0 Å². The topological polar surface area (TPSA) is 33.1 Å². The summed E-state index contributed by atoms with van der Waals surface area (Å²) in [6.07, 6.45) is 7.28. The number of nitrogens with zero attached hydrogens (tertiary/aromatic N) is 2. The van der Waals surface area contributed by atoms with Crippen molar-refractivity contribution in [3.63, 3.8) is 0 Å². The van der Waals surface area contributed by atoms with E-state index in [2.05, 4.69) is 41.3 Å². The summed E-state index contributed by atoms with van der Waals surface area (Å²) in [4.78, 5) is 4.45. The lowest BCUT2D eigenvalue weighted by Gasteiger charge is -2.02.